The van der Waals surface area contributed by atoms with E-state index in [1.54, 1.807) is 6.07 Å². The fourth-order valence-electron chi connectivity index (χ4n) is 2.17. The van der Waals surface area contributed by atoms with Gasteiger partial charge in [0.25, 0.3) is 0 Å². The van der Waals surface area contributed by atoms with Crippen molar-refractivity contribution in [3.8, 4) is 5.75 Å². The summed E-state index contributed by atoms with van der Waals surface area (Å²) in [4.78, 5) is 20.7. The Morgan fingerprint density at radius 3 is 2.20 bits per heavy atom. The molecule has 0 aliphatic rings. The van der Waals surface area contributed by atoms with E-state index >= 15 is 0 Å². The average Bonchev–Trinajstić information content (AvgIpc) is 2.46. The largest absolute Gasteiger partial charge is 0.352 e. The van der Waals surface area contributed by atoms with Crippen molar-refractivity contribution in [2.24, 2.45) is 0 Å². The molecule has 0 amide bonds. The summed E-state index contributed by atoms with van der Waals surface area (Å²) in [6, 6.07) is 17.7. The smallest absolute Gasteiger partial charge is 0.287 e. The van der Waals surface area contributed by atoms with Gasteiger partial charge in [-0.1, -0.05) is 62.4 Å². The highest BCUT2D eigenvalue weighted by Crippen LogP contribution is 2.37. The second-order valence-corrected chi connectivity index (χ2v) is 5.15. The molecule has 3 nitrogen and oxygen atoms in total. The highest BCUT2D eigenvalue weighted by atomic mass is 17.2. The SMILES string of the molecule is CC(=O)OOc1ccccc1C(C)(C)c1ccccc1. The van der Waals surface area contributed by atoms with E-state index in [2.05, 4.69) is 30.9 Å². The van der Waals surface area contributed by atoms with Gasteiger partial charge in [0.05, 0.1) is 0 Å². The first-order chi connectivity index (χ1) is 9.51. The number of hydrogen-bond donors (Lipinski definition) is 0. The van der Waals surface area contributed by atoms with Crippen molar-refractivity contribution in [3.63, 3.8) is 0 Å². The predicted molar refractivity (Wildman–Crippen MR) is 77.4 cm³/mol. The third kappa shape index (κ3) is 2.99. The summed E-state index contributed by atoms with van der Waals surface area (Å²) >= 11 is 0. The number of benzene rings is 2. The monoisotopic (exact) mass is 270 g/mol. The summed E-state index contributed by atoms with van der Waals surface area (Å²) in [5.74, 6) is 0.0777. The van der Waals surface area contributed by atoms with Crippen LogP contribution in [0.15, 0.2) is 54.6 Å². The molecule has 3 heteroatoms. The maximum Gasteiger partial charge on any atom is 0.352 e. The first-order valence-electron chi connectivity index (χ1n) is 6.52. The second-order valence-electron chi connectivity index (χ2n) is 5.15. The molecule has 0 heterocycles. The Balaban J connectivity index is 2.39. The lowest BCUT2D eigenvalue weighted by molar-refractivity contribution is -0.211. The minimum Gasteiger partial charge on any atom is -0.287 e. The molecule has 2 aromatic carbocycles. The van der Waals surface area contributed by atoms with Crippen LogP contribution in [0.4, 0.5) is 0 Å². The number of hydrogen-bond acceptors (Lipinski definition) is 3. The van der Waals surface area contributed by atoms with E-state index in [0.717, 1.165) is 5.56 Å². The van der Waals surface area contributed by atoms with Crippen LogP contribution in [0.5, 0.6) is 5.75 Å². The van der Waals surface area contributed by atoms with Crippen LogP contribution in [-0.2, 0) is 15.1 Å². The zero-order valence-electron chi connectivity index (χ0n) is 11.9. The van der Waals surface area contributed by atoms with E-state index in [4.69, 9.17) is 4.89 Å². The molecular weight excluding hydrogens is 252 g/mol. The normalized spacial score (nSPS) is 10.9. The molecule has 0 unspecified atom stereocenters. The number of rotatable bonds is 4. The van der Waals surface area contributed by atoms with Gasteiger partial charge in [-0.05, 0) is 11.6 Å². The molecule has 0 saturated heterocycles. The van der Waals surface area contributed by atoms with Crippen molar-refractivity contribution in [2.75, 3.05) is 0 Å². The molecule has 0 aliphatic heterocycles. The Morgan fingerprint density at radius 1 is 0.950 bits per heavy atom. The van der Waals surface area contributed by atoms with Crippen molar-refractivity contribution < 1.29 is 14.6 Å². The summed E-state index contributed by atoms with van der Waals surface area (Å²) in [7, 11) is 0. The summed E-state index contributed by atoms with van der Waals surface area (Å²) in [5, 5.41) is 0. The Kier molecular flexibility index (Phi) is 4.08. The van der Waals surface area contributed by atoms with Crippen molar-refractivity contribution in [1.29, 1.82) is 0 Å². The van der Waals surface area contributed by atoms with Crippen LogP contribution in [0.3, 0.4) is 0 Å². The van der Waals surface area contributed by atoms with Crippen LogP contribution in [0, 0.1) is 0 Å². The molecule has 0 spiro atoms. The van der Waals surface area contributed by atoms with E-state index in [0.29, 0.717) is 5.75 Å². The number of carbonyl (C=O) groups is 1. The van der Waals surface area contributed by atoms with Gasteiger partial charge in [0.1, 0.15) is 0 Å². The van der Waals surface area contributed by atoms with Crippen LogP contribution in [-0.4, -0.2) is 5.97 Å². The average molecular weight is 270 g/mol. The molecule has 0 atom stereocenters. The standard InChI is InChI=1S/C17H18O3/c1-13(18)19-20-16-12-8-7-11-15(16)17(2,3)14-9-5-4-6-10-14/h4-12H,1-3H3. The molecule has 2 rings (SSSR count). The van der Waals surface area contributed by atoms with Gasteiger partial charge in [-0.15, -0.1) is 0 Å². The molecule has 0 radical (unpaired) electrons. The molecule has 104 valence electrons. The molecule has 0 aromatic heterocycles. The van der Waals surface area contributed by atoms with E-state index in [-0.39, 0.29) is 5.41 Å². The predicted octanol–water partition coefficient (Wildman–Crippen LogP) is 3.87. The van der Waals surface area contributed by atoms with Crippen molar-refractivity contribution in [1.82, 2.24) is 0 Å². The number of carbonyl (C=O) groups excluding carboxylic acids is 1. The number of para-hydroxylation sites is 1. The van der Waals surface area contributed by atoms with Crippen molar-refractivity contribution in [3.05, 3.63) is 65.7 Å². The summed E-state index contributed by atoms with van der Waals surface area (Å²) in [5.41, 5.74) is 1.88. The zero-order valence-corrected chi connectivity index (χ0v) is 11.9. The van der Waals surface area contributed by atoms with Crippen LogP contribution < -0.4 is 4.89 Å². The van der Waals surface area contributed by atoms with Crippen molar-refractivity contribution in [2.45, 2.75) is 26.2 Å². The third-order valence-electron chi connectivity index (χ3n) is 3.30. The quantitative estimate of drug-likeness (QED) is 0.625. The van der Waals surface area contributed by atoms with Crippen LogP contribution in [0.2, 0.25) is 0 Å². The Hall–Kier alpha value is -2.29. The lowest BCUT2D eigenvalue weighted by Gasteiger charge is -2.27. The summed E-state index contributed by atoms with van der Waals surface area (Å²) in [6.07, 6.45) is 0. The Morgan fingerprint density at radius 2 is 1.55 bits per heavy atom. The van der Waals surface area contributed by atoms with E-state index in [1.807, 2.05) is 36.4 Å². The molecule has 0 aliphatic carbocycles. The lowest BCUT2D eigenvalue weighted by atomic mass is 9.78. The minimum atomic E-state index is -0.475. The molecule has 0 saturated carbocycles. The third-order valence-corrected chi connectivity index (χ3v) is 3.30. The maximum absolute atomic E-state index is 10.9. The molecule has 2 aromatic rings. The fraction of sp³-hybridized carbons (Fsp3) is 0.235. The molecule has 0 fully saturated rings. The van der Waals surface area contributed by atoms with E-state index < -0.39 is 5.97 Å². The van der Waals surface area contributed by atoms with Gasteiger partial charge >= 0.3 is 5.97 Å². The summed E-state index contributed by atoms with van der Waals surface area (Å²) < 4.78 is 0. The van der Waals surface area contributed by atoms with Crippen LogP contribution in [0.25, 0.3) is 0 Å². The Bertz CT molecular complexity index is 588. The van der Waals surface area contributed by atoms with Crippen LogP contribution >= 0.6 is 0 Å². The summed E-state index contributed by atoms with van der Waals surface area (Å²) in [6.45, 7) is 5.53. The topological polar surface area (TPSA) is 35.5 Å². The van der Waals surface area contributed by atoms with Gasteiger partial charge in [-0.3, -0.25) is 9.78 Å². The minimum absolute atomic E-state index is 0.252. The first kappa shape index (κ1) is 14.1. The molecular formula is C17H18O3. The molecule has 0 N–H and O–H groups in total. The van der Waals surface area contributed by atoms with Gasteiger partial charge in [0.15, 0.2) is 5.75 Å². The van der Waals surface area contributed by atoms with Gasteiger partial charge in [0, 0.05) is 17.9 Å². The van der Waals surface area contributed by atoms with Crippen molar-refractivity contribution >= 4 is 5.97 Å². The van der Waals surface area contributed by atoms with E-state index in [9.17, 15) is 4.79 Å². The van der Waals surface area contributed by atoms with E-state index in [1.165, 1.54) is 12.5 Å². The molecule has 0 bridgehead atoms. The Labute approximate surface area is 119 Å². The zero-order chi connectivity index (χ0) is 14.6. The highest BCUT2D eigenvalue weighted by molar-refractivity contribution is 5.65. The van der Waals surface area contributed by atoms with Gasteiger partial charge in [-0.2, -0.15) is 0 Å². The van der Waals surface area contributed by atoms with Gasteiger partial charge in [0.2, 0.25) is 0 Å². The lowest BCUT2D eigenvalue weighted by Crippen LogP contribution is -2.20. The van der Waals surface area contributed by atoms with Gasteiger partial charge < -0.3 is 0 Å². The van der Waals surface area contributed by atoms with Crippen LogP contribution in [0.1, 0.15) is 31.9 Å². The fourth-order valence-corrected chi connectivity index (χ4v) is 2.17. The first-order valence-corrected chi connectivity index (χ1v) is 6.52. The van der Waals surface area contributed by atoms with Gasteiger partial charge in [-0.25, -0.2) is 4.79 Å². The second kappa shape index (κ2) is 5.78. The maximum atomic E-state index is 10.9. The highest BCUT2D eigenvalue weighted by Gasteiger charge is 2.27. The molecule has 20 heavy (non-hydrogen) atoms.